The first kappa shape index (κ1) is 10.6. The molecule has 0 unspecified atom stereocenters. The molecule has 0 radical (unpaired) electrons. The van der Waals surface area contributed by atoms with Gasteiger partial charge in [-0.1, -0.05) is 24.1 Å². The molecule has 0 atom stereocenters. The minimum atomic E-state index is -0.797. The topological polar surface area (TPSA) is 88.2 Å². The van der Waals surface area contributed by atoms with Crippen molar-refractivity contribution in [2.24, 2.45) is 5.73 Å². The van der Waals surface area contributed by atoms with E-state index in [1.165, 1.54) is 0 Å². The van der Waals surface area contributed by atoms with Gasteiger partial charge in [0.05, 0.1) is 0 Å². The molecule has 0 spiro atoms. The Morgan fingerprint density at radius 1 is 1.40 bits per heavy atom. The average molecular weight is 203 g/mol. The zero-order valence-corrected chi connectivity index (χ0v) is 7.78. The van der Waals surface area contributed by atoms with Gasteiger partial charge in [-0.15, -0.1) is 0 Å². The fourth-order valence-electron chi connectivity index (χ4n) is 0.772. The molecule has 0 heterocycles. The zero-order chi connectivity index (χ0) is 11.1. The van der Waals surface area contributed by atoms with Crippen LogP contribution in [0, 0.1) is 17.3 Å². The summed E-state index contributed by atoms with van der Waals surface area (Å²) in [6.45, 7) is 0. The van der Waals surface area contributed by atoms with E-state index in [1.807, 2.05) is 23.7 Å². The molecule has 15 heavy (non-hydrogen) atoms. The van der Waals surface area contributed by atoms with Crippen LogP contribution in [0.3, 0.4) is 0 Å². The van der Waals surface area contributed by atoms with Crippen molar-refractivity contribution >= 4 is 11.9 Å². The number of nitrogens with one attached hydrogen (secondary N) is 2. The maximum absolute atomic E-state index is 10.9. The van der Waals surface area contributed by atoms with Crippen molar-refractivity contribution in [1.29, 1.82) is 5.41 Å². The number of guanidine groups is 1. The second-order valence-electron chi connectivity index (χ2n) is 2.52. The minimum absolute atomic E-state index is 0.454. The van der Waals surface area contributed by atoms with Crippen molar-refractivity contribution in [3.8, 4) is 11.8 Å². The Kier molecular flexibility index (Phi) is 3.74. The quantitative estimate of drug-likeness (QED) is 0.239. The number of hydroxylamine groups is 1. The third-order valence-corrected chi connectivity index (χ3v) is 1.34. The van der Waals surface area contributed by atoms with Gasteiger partial charge >= 0.3 is 5.97 Å². The van der Waals surface area contributed by atoms with E-state index < -0.39 is 11.9 Å². The smallest absolute Gasteiger partial charge is 0.368 e. The van der Waals surface area contributed by atoms with Gasteiger partial charge in [0, 0.05) is 11.5 Å². The number of carbonyl (C=O) groups is 1. The predicted octanol–water partition coefficient (Wildman–Crippen LogP) is -0.0206. The van der Waals surface area contributed by atoms with Crippen molar-refractivity contribution in [2.45, 2.75) is 0 Å². The van der Waals surface area contributed by atoms with Crippen LogP contribution in [-0.4, -0.2) is 11.9 Å². The van der Waals surface area contributed by atoms with Gasteiger partial charge < -0.3 is 10.6 Å². The van der Waals surface area contributed by atoms with Crippen LogP contribution in [0.4, 0.5) is 0 Å². The van der Waals surface area contributed by atoms with Crippen LogP contribution >= 0.6 is 0 Å². The monoisotopic (exact) mass is 203 g/mol. The van der Waals surface area contributed by atoms with Crippen molar-refractivity contribution in [3.05, 3.63) is 35.9 Å². The molecule has 0 fully saturated rings. The maximum atomic E-state index is 10.9. The second-order valence-corrected chi connectivity index (χ2v) is 2.52. The summed E-state index contributed by atoms with van der Waals surface area (Å²) in [4.78, 5) is 15.2. The van der Waals surface area contributed by atoms with Crippen LogP contribution in [0.5, 0.6) is 0 Å². The summed E-state index contributed by atoms with van der Waals surface area (Å²) in [6.07, 6.45) is 0. The van der Waals surface area contributed by atoms with E-state index in [2.05, 4.69) is 16.7 Å². The van der Waals surface area contributed by atoms with Gasteiger partial charge in [0.25, 0.3) is 0 Å². The summed E-state index contributed by atoms with van der Waals surface area (Å²) in [5.41, 5.74) is 7.49. The number of nitrogens with two attached hydrogens (primary N) is 1. The Hall–Kier alpha value is -2.48. The molecule has 5 nitrogen and oxygen atoms in total. The number of benzene rings is 1. The molecule has 0 saturated carbocycles. The fraction of sp³-hybridized carbons (Fsp3) is 0. The Balaban J connectivity index is 2.51. The SMILES string of the molecule is N=C(N)NOC(=O)C#Cc1ccccc1. The van der Waals surface area contributed by atoms with E-state index in [4.69, 9.17) is 11.1 Å². The first-order valence-electron chi connectivity index (χ1n) is 4.06. The van der Waals surface area contributed by atoms with Crippen molar-refractivity contribution < 1.29 is 9.63 Å². The molecule has 0 saturated heterocycles. The Bertz CT molecular complexity index is 417. The van der Waals surface area contributed by atoms with E-state index >= 15 is 0 Å². The van der Waals surface area contributed by atoms with E-state index in [9.17, 15) is 4.79 Å². The molecule has 76 valence electrons. The van der Waals surface area contributed by atoms with Gasteiger partial charge in [0.15, 0.2) is 0 Å². The summed E-state index contributed by atoms with van der Waals surface area (Å²) < 4.78 is 0. The van der Waals surface area contributed by atoms with Crippen molar-refractivity contribution in [2.75, 3.05) is 0 Å². The Morgan fingerprint density at radius 3 is 2.67 bits per heavy atom. The Morgan fingerprint density at radius 2 is 2.07 bits per heavy atom. The van der Waals surface area contributed by atoms with Crippen LogP contribution in [-0.2, 0) is 9.63 Å². The molecule has 0 aromatic heterocycles. The number of hydrogen-bond acceptors (Lipinski definition) is 3. The molecule has 0 aliphatic carbocycles. The van der Waals surface area contributed by atoms with Gasteiger partial charge in [0.1, 0.15) is 0 Å². The molecule has 4 N–H and O–H groups in total. The van der Waals surface area contributed by atoms with Crippen molar-refractivity contribution in [1.82, 2.24) is 5.48 Å². The van der Waals surface area contributed by atoms with Crippen molar-refractivity contribution in [3.63, 3.8) is 0 Å². The molecular formula is C10H9N3O2. The van der Waals surface area contributed by atoms with Crippen LogP contribution < -0.4 is 11.2 Å². The number of carbonyl (C=O) groups excluding carboxylic acids is 1. The van der Waals surface area contributed by atoms with Gasteiger partial charge in [-0.05, 0) is 12.1 Å². The average Bonchev–Trinajstić information content (AvgIpc) is 2.25. The van der Waals surface area contributed by atoms with Gasteiger partial charge in [0.2, 0.25) is 5.96 Å². The molecular weight excluding hydrogens is 194 g/mol. The Labute approximate surface area is 86.7 Å². The maximum Gasteiger partial charge on any atom is 0.408 e. The van der Waals surface area contributed by atoms with Crippen LogP contribution in [0.1, 0.15) is 5.56 Å². The highest BCUT2D eigenvalue weighted by Gasteiger charge is 1.96. The van der Waals surface area contributed by atoms with Gasteiger partial charge in [-0.2, -0.15) is 5.48 Å². The third kappa shape index (κ3) is 4.33. The molecule has 1 aromatic rings. The first-order chi connectivity index (χ1) is 7.18. The second kappa shape index (κ2) is 5.29. The van der Waals surface area contributed by atoms with E-state index in [1.54, 1.807) is 12.1 Å². The van der Waals surface area contributed by atoms with Gasteiger partial charge in [-0.3, -0.25) is 5.41 Å². The van der Waals surface area contributed by atoms with Crippen LogP contribution in [0.15, 0.2) is 30.3 Å². The molecule has 1 rings (SSSR count). The number of hydrogen-bond donors (Lipinski definition) is 3. The summed E-state index contributed by atoms with van der Waals surface area (Å²) in [5.74, 6) is 3.57. The molecule has 1 aromatic carbocycles. The van der Waals surface area contributed by atoms with E-state index in [-0.39, 0.29) is 0 Å². The normalized spacial score (nSPS) is 8.27. The number of rotatable bonds is 0. The standard InChI is InChI=1S/C10H9N3O2/c11-10(12)13-15-9(14)7-6-8-4-2-1-3-5-8/h1-5H,(H4,11,12,13). The highest BCUT2D eigenvalue weighted by Crippen LogP contribution is 1.94. The summed E-state index contributed by atoms with van der Waals surface area (Å²) in [7, 11) is 0. The lowest BCUT2D eigenvalue weighted by molar-refractivity contribution is -0.140. The molecule has 0 amide bonds. The minimum Gasteiger partial charge on any atom is -0.368 e. The summed E-state index contributed by atoms with van der Waals surface area (Å²) in [6, 6.07) is 8.99. The third-order valence-electron chi connectivity index (χ3n) is 1.34. The lowest BCUT2D eigenvalue weighted by Crippen LogP contribution is -2.32. The first-order valence-corrected chi connectivity index (χ1v) is 4.06. The van der Waals surface area contributed by atoms with E-state index in [0.29, 0.717) is 5.56 Å². The molecule has 5 heteroatoms. The van der Waals surface area contributed by atoms with Gasteiger partial charge in [-0.25, -0.2) is 4.79 Å². The highest BCUT2D eigenvalue weighted by atomic mass is 16.7. The molecule has 0 aliphatic heterocycles. The molecule has 0 aliphatic rings. The molecule has 0 bridgehead atoms. The largest absolute Gasteiger partial charge is 0.408 e. The summed E-state index contributed by atoms with van der Waals surface area (Å²) in [5, 5.41) is 6.73. The lowest BCUT2D eigenvalue weighted by atomic mass is 10.2. The highest BCUT2D eigenvalue weighted by molar-refractivity contribution is 5.90. The predicted molar refractivity (Wildman–Crippen MR) is 54.5 cm³/mol. The van der Waals surface area contributed by atoms with Crippen LogP contribution in [0.25, 0.3) is 0 Å². The fourth-order valence-corrected chi connectivity index (χ4v) is 0.772. The summed E-state index contributed by atoms with van der Waals surface area (Å²) >= 11 is 0. The lowest BCUT2D eigenvalue weighted by Gasteiger charge is -1.98. The van der Waals surface area contributed by atoms with E-state index in [0.717, 1.165) is 0 Å². The van der Waals surface area contributed by atoms with Crippen LogP contribution in [0.2, 0.25) is 0 Å². The zero-order valence-electron chi connectivity index (χ0n) is 7.78.